The van der Waals surface area contributed by atoms with Gasteiger partial charge in [0.15, 0.2) is 12.4 Å². The van der Waals surface area contributed by atoms with E-state index in [1.54, 1.807) is 6.08 Å². The van der Waals surface area contributed by atoms with E-state index in [0.29, 0.717) is 10.6 Å². The van der Waals surface area contributed by atoms with E-state index in [2.05, 4.69) is 10.3 Å². The molecule has 3 aromatic heterocycles. The predicted octanol–water partition coefficient (Wildman–Crippen LogP) is 5.23. The first-order chi connectivity index (χ1) is 13.0. The second-order valence-corrected chi connectivity index (χ2v) is 7.93. The van der Waals surface area contributed by atoms with Crippen LogP contribution in [-0.4, -0.2) is 23.5 Å². The number of carbonyl (C=O) groups excluding carboxylic acids is 2. The van der Waals surface area contributed by atoms with Crippen LogP contribution in [0.4, 0.5) is 5.82 Å². The number of anilines is 1. The number of ether oxygens (including phenoxy) is 1. The summed E-state index contributed by atoms with van der Waals surface area (Å²) in [5.74, 6) is -0.993. The van der Waals surface area contributed by atoms with Crippen LogP contribution in [0.15, 0.2) is 47.3 Å². The molecular weight excluding hydrogens is 427 g/mol. The molecule has 138 valence electrons. The van der Waals surface area contributed by atoms with Crippen LogP contribution in [0.5, 0.6) is 0 Å². The molecule has 0 bridgehead atoms. The maximum absolute atomic E-state index is 12.5. The highest BCUT2D eigenvalue weighted by Crippen LogP contribution is 2.26. The summed E-state index contributed by atoms with van der Waals surface area (Å²) in [4.78, 5) is 30.2. The molecule has 0 saturated carbocycles. The topological polar surface area (TPSA) is 68.3 Å². The number of pyridine rings is 1. The zero-order valence-electron chi connectivity index (χ0n) is 13.6. The number of nitrogens with zero attached hydrogens (tertiary/aromatic N) is 1. The van der Waals surface area contributed by atoms with E-state index >= 15 is 0 Å². The summed E-state index contributed by atoms with van der Waals surface area (Å²) >= 11 is 14.6. The molecule has 3 aromatic rings. The number of nitrogens with one attached hydrogen (secondary N) is 1. The Morgan fingerprint density at radius 3 is 2.63 bits per heavy atom. The van der Waals surface area contributed by atoms with Crippen LogP contribution >= 0.6 is 45.9 Å². The van der Waals surface area contributed by atoms with Gasteiger partial charge in [-0.3, -0.25) is 4.79 Å². The molecule has 0 atom stereocenters. The van der Waals surface area contributed by atoms with Crippen LogP contribution in [-0.2, 0) is 14.3 Å². The van der Waals surface area contributed by atoms with E-state index in [1.807, 2.05) is 35.0 Å². The number of hydrogen-bond acceptors (Lipinski definition) is 6. The maximum Gasteiger partial charge on any atom is 0.340 e. The van der Waals surface area contributed by atoms with E-state index in [-0.39, 0.29) is 10.8 Å². The molecule has 3 heterocycles. The lowest BCUT2D eigenvalue weighted by Crippen LogP contribution is -2.22. The van der Waals surface area contributed by atoms with Crippen LogP contribution in [0.25, 0.3) is 11.6 Å². The summed E-state index contributed by atoms with van der Waals surface area (Å²) in [5, 5.41) is 6.81. The lowest BCUT2D eigenvalue weighted by Gasteiger charge is -2.09. The minimum Gasteiger partial charge on any atom is -0.452 e. The van der Waals surface area contributed by atoms with Crippen molar-refractivity contribution in [1.82, 2.24) is 4.98 Å². The number of aromatic nitrogens is 1. The molecule has 0 aromatic carbocycles. The van der Waals surface area contributed by atoms with Crippen molar-refractivity contribution in [3.63, 3.8) is 0 Å². The number of esters is 1. The fourth-order valence-electron chi connectivity index (χ4n) is 2.06. The molecule has 27 heavy (non-hydrogen) atoms. The SMILES string of the molecule is O=C(COC(=O)C(=Cc1cccs1)c1cccs1)Nc1ncc(Cl)cc1Cl. The van der Waals surface area contributed by atoms with Crippen LogP contribution < -0.4 is 5.32 Å². The third-order valence-corrected chi connectivity index (χ3v) is 5.45. The van der Waals surface area contributed by atoms with Gasteiger partial charge in [-0.2, -0.15) is 0 Å². The highest BCUT2D eigenvalue weighted by atomic mass is 35.5. The van der Waals surface area contributed by atoms with Gasteiger partial charge in [0.1, 0.15) is 0 Å². The predicted molar refractivity (Wildman–Crippen MR) is 110 cm³/mol. The lowest BCUT2D eigenvalue weighted by atomic mass is 10.2. The summed E-state index contributed by atoms with van der Waals surface area (Å²) in [6.07, 6.45) is 3.10. The summed E-state index contributed by atoms with van der Waals surface area (Å²) in [5.41, 5.74) is 0.392. The molecule has 9 heteroatoms. The van der Waals surface area contributed by atoms with Gasteiger partial charge in [0.2, 0.25) is 0 Å². The molecular formula is C18H12Cl2N2O3S2. The van der Waals surface area contributed by atoms with Crippen LogP contribution in [0, 0.1) is 0 Å². The molecule has 0 spiro atoms. The molecule has 0 saturated heterocycles. The summed E-state index contributed by atoms with van der Waals surface area (Å²) < 4.78 is 5.17. The average Bonchev–Trinajstić information content (AvgIpc) is 3.33. The van der Waals surface area contributed by atoms with Gasteiger partial charge in [-0.15, -0.1) is 22.7 Å². The highest BCUT2D eigenvalue weighted by molar-refractivity contribution is 7.12. The highest BCUT2D eigenvalue weighted by Gasteiger charge is 2.17. The maximum atomic E-state index is 12.5. The molecule has 0 aliphatic heterocycles. The second kappa shape index (κ2) is 9.14. The molecule has 0 aliphatic rings. The van der Waals surface area contributed by atoms with Crippen molar-refractivity contribution >= 4 is 75.2 Å². The Hall–Kier alpha value is -2.19. The average molecular weight is 439 g/mol. The van der Waals surface area contributed by atoms with Crippen molar-refractivity contribution in [2.75, 3.05) is 11.9 Å². The van der Waals surface area contributed by atoms with Crippen molar-refractivity contribution < 1.29 is 14.3 Å². The van der Waals surface area contributed by atoms with E-state index in [9.17, 15) is 9.59 Å². The first kappa shape index (κ1) is 19.6. The van der Waals surface area contributed by atoms with Crippen molar-refractivity contribution in [2.24, 2.45) is 0 Å². The zero-order valence-corrected chi connectivity index (χ0v) is 16.8. The monoisotopic (exact) mass is 438 g/mol. The third-order valence-electron chi connectivity index (χ3n) is 3.24. The van der Waals surface area contributed by atoms with Gasteiger partial charge < -0.3 is 10.1 Å². The minimum atomic E-state index is -0.587. The molecule has 5 nitrogen and oxygen atoms in total. The van der Waals surface area contributed by atoms with Gasteiger partial charge in [-0.1, -0.05) is 35.3 Å². The molecule has 3 rings (SSSR count). The standard InChI is InChI=1S/C18H12Cl2N2O3S2/c19-11-7-14(20)17(21-9-11)22-16(23)10-25-18(24)13(15-4-2-6-27-15)8-12-3-1-5-26-12/h1-9H,10H2,(H,21,22,23). The smallest absolute Gasteiger partial charge is 0.340 e. The first-order valence-corrected chi connectivity index (χ1v) is 10.1. The lowest BCUT2D eigenvalue weighted by molar-refractivity contribution is -0.141. The molecule has 1 amide bonds. The van der Waals surface area contributed by atoms with Crippen LogP contribution in [0.3, 0.4) is 0 Å². The Morgan fingerprint density at radius 2 is 1.96 bits per heavy atom. The van der Waals surface area contributed by atoms with Crippen molar-refractivity contribution in [1.29, 1.82) is 0 Å². The largest absolute Gasteiger partial charge is 0.452 e. The molecule has 0 aliphatic carbocycles. The first-order valence-electron chi connectivity index (χ1n) is 7.60. The fourth-order valence-corrected chi connectivity index (χ4v) is 3.88. The van der Waals surface area contributed by atoms with Gasteiger partial charge in [0.25, 0.3) is 5.91 Å². The summed E-state index contributed by atoms with van der Waals surface area (Å²) in [6.45, 7) is -0.466. The fraction of sp³-hybridized carbons (Fsp3) is 0.0556. The number of thiophene rings is 2. The quantitative estimate of drug-likeness (QED) is 0.422. The van der Waals surface area contributed by atoms with E-state index in [4.69, 9.17) is 27.9 Å². The van der Waals surface area contributed by atoms with E-state index in [0.717, 1.165) is 9.75 Å². The molecule has 1 N–H and O–H groups in total. The Bertz CT molecular complexity index is 971. The number of rotatable bonds is 6. The number of hydrogen-bond donors (Lipinski definition) is 1. The van der Waals surface area contributed by atoms with E-state index in [1.165, 1.54) is 34.9 Å². The Kier molecular flexibility index (Phi) is 6.63. The van der Waals surface area contributed by atoms with Gasteiger partial charge in [0, 0.05) is 16.0 Å². The Labute approximate surface area is 173 Å². The van der Waals surface area contributed by atoms with Crippen LogP contribution in [0.2, 0.25) is 10.0 Å². The molecule has 0 radical (unpaired) electrons. The number of carbonyl (C=O) groups is 2. The zero-order chi connectivity index (χ0) is 19.2. The normalized spacial score (nSPS) is 11.3. The van der Waals surface area contributed by atoms with Gasteiger partial charge in [-0.25, -0.2) is 9.78 Å². The van der Waals surface area contributed by atoms with Crippen molar-refractivity contribution in [2.45, 2.75) is 0 Å². The number of halogens is 2. The summed E-state index contributed by atoms with van der Waals surface area (Å²) in [7, 11) is 0. The third kappa shape index (κ3) is 5.40. The van der Waals surface area contributed by atoms with Crippen molar-refractivity contribution in [3.05, 3.63) is 67.1 Å². The molecule has 0 fully saturated rings. The van der Waals surface area contributed by atoms with Gasteiger partial charge in [0.05, 0.1) is 15.6 Å². The minimum absolute atomic E-state index is 0.148. The van der Waals surface area contributed by atoms with E-state index < -0.39 is 18.5 Å². The Morgan fingerprint density at radius 1 is 1.19 bits per heavy atom. The van der Waals surface area contributed by atoms with Crippen molar-refractivity contribution in [3.8, 4) is 0 Å². The Balaban J connectivity index is 1.66. The number of amides is 1. The molecule has 0 unspecified atom stereocenters. The summed E-state index contributed by atoms with van der Waals surface area (Å²) in [6, 6.07) is 8.91. The van der Waals surface area contributed by atoms with Crippen LogP contribution in [0.1, 0.15) is 9.75 Å². The van der Waals surface area contributed by atoms with Gasteiger partial charge >= 0.3 is 5.97 Å². The van der Waals surface area contributed by atoms with Gasteiger partial charge in [-0.05, 0) is 35.0 Å². The second-order valence-electron chi connectivity index (χ2n) is 5.16.